The summed E-state index contributed by atoms with van der Waals surface area (Å²) in [5.74, 6) is -0.389. The van der Waals surface area contributed by atoms with Crippen LogP contribution in [0.5, 0.6) is 5.75 Å². The lowest BCUT2D eigenvalue weighted by atomic mass is 10.3. The van der Waals surface area contributed by atoms with Gasteiger partial charge < -0.3 is 15.4 Å². The molecule has 0 aliphatic rings. The fraction of sp³-hybridized carbons (Fsp3) is 0.130. The monoisotopic (exact) mass is 464 g/mol. The Morgan fingerprint density at radius 3 is 2.45 bits per heavy atom. The summed E-state index contributed by atoms with van der Waals surface area (Å²) in [5.41, 5.74) is 1.19. The van der Waals surface area contributed by atoms with Crippen molar-refractivity contribution in [3.63, 3.8) is 0 Å². The highest BCUT2D eigenvalue weighted by molar-refractivity contribution is 6.32. The molecule has 0 saturated carbocycles. The third-order valence-corrected chi connectivity index (χ3v) is 4.96. The van der Waals surface area contributed by atoms with E-state index in [2.05, 4.69) is 20.8 Å². The number of hydrogen-bond acceptors (Lipinski definition) is 5. The number of amides is 2. The second-order valence-corrected chi connectivity index (χ2v) is 7.37. The van der Waals surface area contributed by atoms with E-state index in [9.17, 15) is 9.59 Å². The number of ether oxygens (including phenoxy) is 1. The van der Waals surface area contributed by atoms with Crippen molar-refractivity contribution in [1.82, 2.24) is 19.6 Å². The molecule has 2 aromatic carbocycles. The largest absolute Gasteiger partial charge is 0.470 e. The Morgan fingerprint density at radius 2 is 1.70 bits per heavy atom. The first-order valence-corrected chi connectivity index (χ1v) is 10.6. The van der Waals surface area contributed by atoms with Gasteiger partial charge in [0, 0.05) is 24.6 Å². The molecule has 2 amide bonds. The van der Waals surface area contributed by atoms with E-state index in [1.807, 2.05) is 31.2 Å². The van der Waals surface area contributed by atoms with Crippen LogP contribution in [0.4, 0.5) is 11.4 Å². The van der Waals surface area contributed by atoms with E-state index in [1.54, 1.807) is 53.5 Å². The van der Waals surface area contributed by atoms with Crippen molar-refractivity contribution in [3.05, 3.63) is 89.5 Å². The molecule has 10 heteroatoms. The Hall–Kier alpha value is -4.11. The van der Waals surface area contributed by atoms with Crippen LogP contribution in [-0.2, 0) is 13.3 Å². The average Bonchev–Trinajstić information content (AvgIpc) is 3.46. The van der Waals surface area contributed by atoms with Crippen LogP contribution in [0.15, 0.2) is 73.1 Å². The summed E-state index contributed by atoms with van der Waals surface area (Å²) in [6.07, 6.45) is 3.22. The first-order chi connectivity index (χ1) is 16.0. The van der Waals surface area contributed by atoms with Gasteiger partial charge in [0.1, 0.15) is 5.75 Å². The van der Waals surface area contributed by atoms with Crippen molar-refractivity contribution in [2.24, 2.45) is 0 Å². The van der Waals surface area contributed by atoms with Gasteiger partial charge in [0.15, 0.2) is 18.1 Å². The molecule has 2 aromatic heterocycles. The van der Waals surface area contributed by atoms with Gasteiger partial charge in [0.25, 0.3) is 11.8 Å². The zero-order valence-electron chi connectivity index (χ0n) is 17.7. The van der Waals surface area contributed by atoms with E-state index in [-0.39, 0.29) is 23.8 Å². The minimum atomic E-state index is -0.476. The number of aromatic nitrogens is 4. The van der Waals surface area contributed by atoms with Crippen LogP contribution in [0.1, 0.15) is 27.9 Å². The van der Waals surface area contributed by atoms with Crippen LogP contribution in [0.25, 0.3) is 0 Å². The van der Waals surface area contributed by atoms with Crippen LogP contribution in [0, 0.1) is 0 Å². The minimum Gasteiger partial charge on any atom is -0.470 e. The van der Waals surface area contributed by atoms with Crippen molar-refractivity contribution < 1.29 is 14.3 Å². The second-order valence-electron chi connectivity index (χ2n) is 6.97. The van der Waals surface area contributed by atoms with Gasteiger partial charge in [-0.15, -0.1) is 0 Å². The Bertz CT molecular complexity index is 1270. The fourth-order valence-corrected chi connectivity index (χ4v) is 3.18. The number of nitrogens with zero attached hydrogens (tertiary/aromatic N) is 4. The lowest BCUT2D eigenvalue weighted by Gasteiger charge is -2.07. The first kappa shape index (κ1) is 22.1. The first-order valence-electron chi connectivity index (χ1n) is 10.2. The Kier molecular flexibility index (Phi) is 6.70. The van der Waals surface area contributed by atoms with Crippen molar-refractivity contribution in [1.29, 1.82) is 0 Å². The van der Waals surface area contributed by atoms with Gasteiger partial charge in [-0.1, -0.05) is 41.9 Å². The number of hydrogen-bond donors (Lipinski definition) is 2. The molecule has 2 N–H and O–H groups in total. The molecule has 0 radical (unpaired) electrons. The van der Waals surface area contributed by atoms with E-state index < -0.39 is 11.8 Å². The van der Waals surface area contributed by atoms with Crippen LogP contribution >= 0.6 is 11.6 Å². The molecule has 168 valence electrons. The Morgan fingerprint density at radius 1 is 0.939 bits per heavy atom. The molecule has 0 saturated heterocycles. The second kappa shape index (κ2) is 10.0. The molecule has 0 aliphatic heterocycles. The maximum Gasteiger partial charge on any atom is 0.278 e. The molecular weight excluding hydrogens is 444 g/mol. The van der Waals surface area contributed by atoms with Crippen LogP contribution in [-0.4, -0.2) is 31.4 Å². The van der Waals surface area contributed by atoms with Gasteiger partial charge in [-0.3, -0.25) is 14.3 Å². The summed E-state index contributed by atoms with van der Waals surface area (Å²) >= 11 is 6.08. The maximum atomic E-state index is 12.8. The number of para-hydroxylation sites is 2. The minimum absolute atomic E-state index is 0.0789. The highest BCUT2D eigenvalue weighted by Crippen LogP contribution is 2.23. The quantitative estimate of drug-likeness (QED) is 0.405. The number of aryl methyl sites for hydroxylation is 1. The molecule has 2 heterocycles. The highest BCUT2D eigenvalue weighted by Gasteiger charge is 2.20. The van der Waals surface area contributed by atoms with Gasteiger partial charge in [0.05, 0.1) is 10.7 Å². The van der Waals surface area contributed by atoms with Gasteiger partial charge in [-0.2, -0.15) is 10.2 Å². The van der Waals surface area contributed by atoms with Crippen LogP contribution in [0.2, 0.25) is 5.02 Å². The topological polar surface area (TPSA) is 103 Å². The normalized spacial score (nSPS) is 10.6. The summed E-state index contributed by atoms with van der Waals surface area (Å²) < 4.78 is 8.67. The molecule has 9 nitrogen and oxygen atoms in total. The zero-order chi connectivity index (χ0) is 23.2. The van der Waals surface area contributed by atoms with E-state index in [0.717, 1.165) is 0 Å². The summed E-state index contributed by atoms with van der Waals surface area (Å²) in [5, 5.41) is 14.5. The van der Waals surface area contributed by atoms with E-state index in [4.69, 9.17) is 16.3 Å². The smallest absolute Gasteiger partial charge is 0.278 e. The van der Waals surface area contributed by atoms with Gasteiger partial charge in [-0.05, 0) is 37.3 Å². The fourth-order valence-electron chi connectivity index (χ4n) is 2.99. The molecule has 4 aromatic rings. The predicted octanol–water partition coefficient (Wildman–Crippen LogP) is 4.29. The summed E-state index contributed by atoms with van der Waals surface area (Å²) in [7, 11) is 0. The Balaban J connectivity index is 1.44. The molecule has 0 aliphatic carbocycles. The molecule has 4 rings (SSSR count). The van der Waals surface area contributed by atoms with Crippen LogP contribution < -0.4 is 15.4 Å². The molecule has 0 unspecified atom stereocenters. The molecule has 33 heavy (non-hydrogen) atoms. The van der Waals surface area contributed by atoms with Crippen molar-refractivity contribution >= 4 is 34.8 Å². The third-order valence-electron chi connectivity index (χ3n) is 4.64. The van der Waals surface area contributed by atoms with Gasteiger partial charge in [-0.25, -0.2) is 4.68 Å². The average molecular weight is 465 g/mol. The van der Waals surface area contributed by atoms with Crippen molar-refractivity contribution in [3.8, 4) is 5.75 Å². The van der Waals surface area contributed by atoms with Gasteiger partial charge >= 0.3 is 0 Å². The third kappa shape index (κ3) is 5.39. The molecular formula is C23H21ClN6O3. The number of nitrogens with one attached hydrogen (secondary N) is 2. The molecule has 0 spiro atoms. The van der Waals surface area contributed by atoms with Gasteiger partial charge in [0.2, 0.25) is 0 Å². The van der Waals surface area contributed by atoms with E-state index in [1.165, 1.54) is 4.68 Å². The maximum absolute atomic E-state index is 12.8. The number of rotatable bonds is 8. The lowest BCUT2D eigenvalue weighted by molar-refractivity contribution is 0.102. The molecule has 0 atom stereocenters. The highest BCUT2D eigenvalue weighted by atomic mass is 35.5. The molecule has 0 fully saturated rings. The van der Waals surface area contributed by atoms with Crippen LogP contribution in [0.3, 0.4) is 0 Å². The number of carbonyl (C=O) groups is 2. The number of anilines is 2. The standard InChI is InChI=1S/C23H21ClN6O3/c1-2-29-14-19(21(28-29)23(32)25-16-8-4-3-5-9-16)26-22(31)18-12-13-30(27-18)15-33-20-11-7-6-10-17(20)24/h3-14H,2,15H2,1H3,(H,25,32)(H,26,31). The SMILES string of the molecule is CCn1cc(NC(=O)c2ccn(COc3ccccc3Cl)n2)c(C(=O)Nc2ccccc2)n1. The van der Waals surface area contributed by atoms with Crippen molar-refractivity contribution in [2.75, 3.05) is 10.6 Å². The zero-order valence-corrected chi connectivity index (χ0v) is 18.5. The summed E-state index contributed by atoms with van der Waals surface area (Å²) in [6, 6.07) is 17.7. The van der Waals surface area contributed by atoms with Crippen molar-refractivity contribution in [2.45, 2.75) is 20.2 Å². The Labute approximate surface area is 194 Å². The van der Waals surface area contributed by atoms with E-state index in [0.29, 0.717) is 23.0 Å². The summed E-state index contributed by atoms with van der Waals surface area (Å²) in [6.45, 7) is 2.50. The number of carbonyl (C=O) groups excluding carboxylic acids is 2. The molecule has 0 bridgehead atoms. The number of halogens is 1. The number of benzene rings is 2. The summed E-state index contributed by atoms with van der Waals surface area (Å²) in [4.78, 5) is 25.5. The lowest BCUT2D eigenvalue weighted by Crippen LogP contribution is -2.18. The predicted molar refractivity (Wildman–Crippen MR) is 125 cm³/mol. The van der Waals surface area contributed by atoms with E-state index >= 15 is 0 Å².